The fourth-order valence-electron chi connectivity index (χ4n) is 2.81. The second-order valence-corrected chi connectivity index (χ2v) is 8.00. The quantitative estimate of drug-likeness (QED) is 0.364. The number of carbonyl (C=O) groups excluding carboxylic acids is 2. The van der Waals surface area contributed by atoms with Gasteiger partial charge in [0.15, 0.2) is 11.7 Å². The summed E-state index contributed by atoms with van der Waals surface area (Å²) in [5.74, 6) is -0.170. The number of benzene rings is 1. The second-order valence-electron chi connectivity index (χ2n) is 6.37. The first-order valence-electron chi connectivity index (χ1n) is 9.03. The predicted molar refractivity (Wildman–Crippen MR) is 119 cm³/mol. The van der Waals surface area contributed by atoms with Crippen molar-refractivity contribution in [3.63, 3.8) is 0 Å². The number of aryl methyl sites for hydroxylation is 3. The molecule has 0 saturated carbocycles. The average molecular weight is 436 g/mol. The van der Waals surface area contributed by atoms with Crippen molar-refractivity contribution in [1.29, 1.82) is 0 Å². The zero-order valence-corrected chi connectivity index (χ0v) is 18.7. The van der Waals surface area contributed by atoms with Gasteiger partial charge in [0.05, 0.1) is 12.7 Å². The maximum atomic E-state index is 12.1. The number of rotatable bonds is 6. The SMILES string of the molecule is CCc1c(C)sc(NC(=S)NNC(=O)COc2ccc(C)cc2C)c1C(=O)OC. The van der Waals surface area contributed by atoms with Gasteiger partial charge in [-0.1, -0.05) is 24.6 Å². The Kier molecular flexibility index (Phi) is 7.98. The third-order valence-electron chi connectivity index (χ3n) is 4.18. The van der Waals surface area contributed by atoms with Crippen LogP contribution in [-0.4, -0.2) is 30.7 Å². The van der Waals surface area contributed by atoms with E-state index in [9.17, 15) is 9.59 Å². The molecular formula is C20H25N3O4S2. The predicted octanol–water partition coefficient (Wildman–Crippen LogP) is 3.42. The number of esters is 1. The van der Waals surface area contributed by atoms with E-state index < -0.39 is 5.97 Å². The van der Waals surface area contributed by atoms with Gasteiger partial charge in [0.25, 0.3) is 5.91 Å². The minimum absolute atomic E-state index is 0.152. The summed E-state index contributed by atoms with van der Waals surface area (Å²) in [6, 6.07) is 5.73. The van der Waals surface area contributed by atoms with Crippen LogP contribution in [0.2, 0.25) is 0 Å². The normalized spacial score (nSPS) is 10.2. The molecule has 3 N–H and O–H groups in total. The minimum Gasteiger partial charge on any atom is -0.483 e. The van der Waals surface area contributed by atoms with Crippen molar-refractivity contribution in [3.8, 4) is 5.75 Å². The summed E-state index contributed by atoms with van der Waals surface area (Å²) in [6.45, 7) is 7.65. The first-order valence-corrected chi connectivity index (χ1v) is 10.3. The Labute approximate surface area is 179 Å². The molecule has 156 valence electrons. The van der Waals surface area contributed by atoms with Crippen LogP contribution < -0.4 is 20.9 Å². The number of amides is 1. The number of carbonyl (C=O) groups is 2. The van der Waals surface area contributed by atoms with Crippen LogP contribution in [0.4, 0.5) is 5.00 Å². The van der Waals surface area contributed by atoms with Crippen molar-refractivity contribution in [3.05, 3.63) is 45.3 Å². The molecule has 9 heteroatoms. The summed E-state index contributed by atoms with van der Waals surface area (Å²) in [5, 5.41) is 3.67. The molecule has 1 amide bonds. The summed E-state index contributed by atoms with van der Waals surface area (Å²) in [6.07, 6.45) is 0.696. The van der Waals surface area contributed by atoms with Crippen molar-refractivity contribution < 1.29 is 19.1 Å². The molecule has 0 spiro atoms. The number of hydrazine groups is 1. The second kappa shape index (κ2) is 10.2. The van der Waals surface area contributed by atoms with Crippen molar-refractivity contribution in [2.24, 2.45) is 0 Å². The highest BCUT2D eigenvalue weighted by Gasteiger charge is 2.22. The molecule has 1 aromatic carbocycles. The van der Waals surface area contributed by atoms with Gasteiger partial charge in [-0.05, 0) is 56.6 Å². The average Bonchev–Trinajstić information content (AvgIpc) is 2.99. The van der Waals surface area contributed by atoms with E-state index in [1.165, 1.54) is 18.4 Å². The molecule has 0 aliphatic rings. The molecule has 1 heterocycles. The zero-order valence-electron chi connectivity index (χ0n) is 17.1. The standard InChI is InChI=1S/C20H25N3O4S2/c1-6-14-13(4)29-18(17(14)19(25)26-5)21-20(28)23-22-16(24)10-27-15-8-7-11(2)9-12(15)3/h7-9H,6,10H2,1-5H3,(H,22,24)(H2,21,23,28). The number of thiophene rings is 1. The number of methoxy groups -OCH3 is 1. The van der Waals surface area contributed by atoms with Gasteiger partial charge in [-0.15, -0.1) is 11.3 Å². The number of hydrogen-bond donors (Lipinski definition) is 3. The first kappa shape index (κ1) is 22.6. The van der Waals surface area contributed by atoms with Crippen LogP contribution in [0.25, 0.3) is 0 Å². The maximum Gasteiger partial charge on any atom is 0.341 e. The minimum atomic E-state index is -0.428. The Balaban J connectivity index is 1.91. The Morgan fingerprint density at radius 1 is 1.17 bits per heavy atom. The van der Waals surface area contributed by atoms with E-state index >= 15 is 0 Å². The number of ether oxygens (including phenoxy) is 2. The van der Waals surface area contributed by atoms with Crippen LogP contribution in [0.15, 0.2) is 18.2 Å². The van der Waals surface area contributed by atoms with Crippen molar-refractivity contribution in [1.82, 2.24) is 10.9 Å². The van der Waals surface area contributed by atoms with Gasteiger partial charge in [0, 0.05) is 4.88 Å². The summed E-state index contributed by atoms with van der Waals surface area (Å²) in [5.41, 5.74) is 8.55. The van der Waals surface area contributed by atoms with Crippen LogP contribution in [0.3, 0.4) is 0 Å². The number of thiocarbonyl (C=S) groups is 1. The third kappa shape index (κ3) is 5.91. The molecule has 2 aromatic rings. The summed E-state index contributed by atoms with van der Waals surface area (Å²) < 4.78 is 10.4. The molecule has 29 heavy (non-hydrogen) atoms. The molecule has 0 radical (unpaired) electrons. The highest BCUT2D eigenvalue weighted by Crippen LogP contribution is 2.33. The van der Waals surface area contributed by atoms with E-state index in [1.807, 2.05) is 45.9 Å². The number of anilines is 1. The van der Waals surface area contributed by atoms with Gasteiger partial charge in [0.2, 0.25) is 0 Å². The molecular weight excluding hydrogens is 410 g/mol. The molecule has 2 rings (SSSR count). The Hall–Kier alpha value is -2.65. The molecule has 0 unspecified atom stereocenters. The molecule has 0 atom stereocenters. The lowest BCUT2D eigenvalue weighted by Crippen LogP contribution is -2.45. The fourth-order valence-corrected chi connectivity index (χ4v) is 4.17. The molecule has 0 saturated heterocycles. The zero-order chi connectivity index (χ0) is 21.6. The molecule has 7 nitrogen and oxygen atoms in total. The van der Waals surface area contributed by atoms with Crippen LogP contribution in [0.1, 0.15) is 38.8 Å². The smallest absolute Gasteiger partial charge is 0.341 e. The highest BCUT2D eigenvalue weighted by molar-refractivity contribution is 7.80. The monoisotopic (exact) mass is 435 g/mol. The fraction of sp³-hybridized carbons (Fsp3) is 0.350. The van der Waals surface area contributed by atoms with Gasteiger partial charge in [-0.3, -0.25) is 15.6 Å². The Morgan fingerprint density at radius 2 is 1.90 bits per heavy atom. The molecule has 0 fully saturated rings. The van der Waals surface area contributed by atoms with Gasteiger partial charge in [0.1, 0.15) is 10.8 Å². The van der Waals surface area contributed by atoms with Crippen LogP contribution in [0, 0.1) is 20.8 Å². The largest absolute Gasteiger partial charge is 0.483 e. The number of nitrogens with one attached hydrogen (secondary N) is 3. The van der Waals surface area contributed by atoms with E-state index in [-0.39, 0.29) is 17.6 Å². The maximum absolute atomic E-state index is 12.1. The lowest BCUT2D eigenvalue weighted by atomic mass is 10.1. The summed E-state index contributed by atoms with van der Waals surface area (Å²) >= 11 is 6.62. The van der Waals surface area contributed by atoms with E-state index in [1.54, 1.807) is 0 Å². The molecule has 1 aromatic heterocycles. The van der Waals surface area contributed by atoms with Crippen LogP contribution in [0.5, 0.6) is 5.75 Å². The molecule has 0 aliphatic heterocycles. The van der Waals surface area contributed by atoms with E-state index in [2.05, 4.69) is 16.2 Å². The van der Waals surface area contributed by atoms with Crippen molar-refractivity contribution in [2.45, 2.75) is 34.1 Å². The van der Waals surface area contributed by atoms with Gasteiger partial charge >= 0.3 is 5.97 Å². The summed E-state index contributed by atoms with van der Waals surface area (Å²) in [7, 11) is 1.34. The first-order chi connectivity index (χ1) is 13.8. The lowest BCUT2D eigenvalue weighted by molar-refractivity contribution is -0.123. The van der Waals surface area contributed by atoms with Crippen molar-refractivity contribution >= 4 is 45.5 Å². The molecule has 0 bridgehead atoms. The van der Waals surface area contributed by atoms with Gasteiger partial charge < -0.3 is 14.8 Å². The topological polar surface area (TPSA) is 88.7 Å². The highest BCUT2D eigenvalue weighted by atomic mass is 32.1. The number of hydrogen-bond acceptors (Lipinski definition) is 6. The van der Waals surface area contributed by atoms with Gasteiger partial charge in [-0.25, -0.2) is 4.79 Å². The summed E-state index contributed by atoms with van der Waals surface area (Å²) in [4.78, 5) is 25.2. The Bertz CT molecular complexity index is 925. The van der Waals surface area contributed by atoms with Crippen LogP contribution >= 0.6 is 23.6 Å². The van der Waals surface area contributed by atoms with Crippen molar-refractivity contribution in [2.75, 3.05) is 19.0 Å². The van der Waals surface area contributed by atoms with E-state index in [0.29, 0.717) is 22.7 Å². The van der Waals surface area contributed by atoms with Crippen LogP contribution in [-0.2, 0) is 16.0 Å². The lowest BCUT2D eigenvalue weighted by Gasteiger charge is -2.13. The van der Waals surface area contributed by atoms with E-state index in [0.717, 1.165) is 21.6 Å². The van der Waals surface area contributed by atoms with Gasteiger partial charge in [-0.2, -0.15) is 0 Å². The van der Waals surface area contributed by atoms with E-state index in [4.69, 9.17) is 21.7 Å². The Morgan fingerprint density at radius 3 is 2.52 bits per heavy atom. The third-order valence-corrected chi connectivity index (χ3v) is 5.45. The molecule has 0 aliphatic carbocycles.